The second-order valence-corrected chi connectivity index (χ2v) is 3.80. The molecule has 0 fully saturated rings. The maximum atomic E-state index is 11.6. The number of aliphatic hydroxyl groups is 1. The molecule has 0 atom stereocenters. The Morgan fingerprint density at radius 3 is 3.11 bits per heavy atom. The molecule has 1 aromatic rings. The summed E-state index contributed by atoms with van der Waals surface area (Å²) in [4.78, 5) is 15.6. The van der Waals surface area contributed by atoms with Crippen LogP contribution in [0.1, 0.15) is 25.3 Å². The van der Waals surface area contributed by atoms with E-state index in [1.165, 1.54) is 0 Å². The van der Waals surface area contributed by atoms with Crippen molar-refractivity contribution in [3.05, 3.63) is 23.9 Å². The van der Waals surface area contributed by atoms with Crippen LogP contribution in [-0.2, 0) is 9.53 Å². The number of carbonyl (C=O) groups is 1. The third kappa shape index (κ3) is 6.55. The minimum Gasteiger partial charge on any atom is -0.384 e. The number of ether oxygens (including phenoxy) is 1. The summed E-state index contributed by atoms with van der Waals surface area (Å²) in [6.45, 7) is 2.89. The lowest BCUT2D eigenvalue weighted by Gasteiger charge is -2.05. The van der Waals surface area contributed by atoms with Gasteiger partial charge in [-0.15, -0.1) is 0 Å². The van der Waals surface area contributed by atoms with Gasteiger partial charge in [-0.1, -0.05) is 18.8 Å². The summed E-state index contributed by atoms with van der Waals surface area (Å²) in [5.74, 6) is 5.60. The first-order valence-electron chi connectivity index (χ1n) is 6.19. The Bertz CT molecular complexity index is 463. The molecule has 0 spiro atoms. The second-order valence-electron chi connectivity index (χ2n) is 3.80. The van der Waals surface area contributed by atoms with E-state index in [2.05, 4.69) is 22.1 Å². The summed E-state index contributed by atoms with van der Waals surface area (Å²) in [5, 5.41) is 11.3. The van der Waals surface area contributed by atoms with Crippen molar-refractivity contribution in [3.8, 4) is 11.8 Å². The van der Waals surface area contributed by atoms with E-state index < -0.39 is 0 Å². The molecule has 0 unspecified atom stereocenters. The number of hydrogen-bond acceptors (Lipinski definition) is 4. The zero-order chi connectivity index (χ0) is 13.9. The van der Waals surface area contributed by atoms with Crippen LogP contribution in [0.5, 0.6) is 0 Å². The van der Waals surface area contributed by atoms with Crippen molar-refractivity contribution < 1.29 is 14.6 Å². The highest BCUT2D eigenvalue weighted by Gasteiger charge is 2.03. The molecule has 2 N–H and O–H groups in total. The van der Waals surface area contributed by atoms with Crippen molar-refractivity contribution >= 4 is 11.7 Å². The molecular formula is C14H18N2O3. The fraction of sp³-hybridized carbons (Fsp3) is 0.429. The quantitative estimate of drug-likeness (QED) is 0.596. The molecule has 0 aliphatic rings. The van der Waals surface area contributed by atoms with Gasteiger partial charge >= 0.3 is 0 Å². The summed E-state index contributed by atoms with van der Waals surface area (Å²) in [6.07, 6.45) is 2.80. The molecule has 102 valence electrons. The lowest BCUT2D eigenvalue weighted by atomic mass is 10.2. The number of amides is 1. The highest BCUT2D eigenvalue weighted by atomic mass is 16.5. The Morgan fingerprint density at radius 2 is 2.37 bits per heavy atom. The van der Waals surface area contributed by atoms with Crippen LogP contribution in [0, 0.1) is 11.8 Å². The van der Waals surface area contributed by atoms with E-state index in [1.807, 2.05) is 6.92 Å². The molecule has 1 heterocycles. The number of aromatic nitrogens is 1. The number of pyridine rings is 1. The molecule has 19 heavy (non-hydrogen) atoms. The van der Waals surface area contributed by atoms with Crippen LogP contribution >= 0.6 is 0 Å². The number of aliphatic hydroxyl groups excluding tert-OH is 1. The molecule has 0 radical (unpaired) electrons. The Balaban J connectivity index is 2.45. The normalized spacial score (nSPS) is 9.58. The lowest BCUT2D eigenvalue weighted by molar-refractivity contribution is -0.117. The van der Waals surface area contributed by atoms with E-state index in [9.17, 15) is 4.79 Å². The molecule has 5 nitrogen and oxygen atoms in total. The van der Waals surface area contributed by atoms with Gasteiger partial charge in [0, 0.05) is 18.4 Å². The number of carbonyl (C=O) groups excluding carboxylic acids is 1. The molecule has 1 aromatic heterocycles. The summed E-state index contributed by atoms with van der Waals surface area (Å²) in [5.41, 5.74) is 0.696. The molecule has 0 saturated heterocycles. The molecule has 0 saturated carbocycles. The van der Waals surface area contributed by atoms with E-state index in [0.29, 0.717) is 31.0 Å². The molecule has 0 aliphatic carbocycles. The van der Waals surface area contributed by atoms with Crippen LogP contribution in [0.15, 0.2) is 18.3 Å². The van der Waals surface area contributed by atoms with E-state index in [-0.39, 0.29) is 12.5 Å². The van der Waals surface area contributed by atoms with Crippen LogP contribution in [0.4, 0.5) is 5.82 Å². The van der Waals surface area contributed by atoms with Crippen molar-refractivity contribution in [2.75, 3.05) is 25.1 Å². The zero-order valence-corrected chi connectivity index (χ0v) is 11.0. The summed E-state index contributed by atoms with van der Waals surface area (Å²) in [6, 6.07) is 3.37. The van der Waals surface area contributed by atoms with Crippen molar-refractivity contribution in [2.45, 2.75) is 19.8 Å². The second kappa shape index (κ2) is 9.09. The smallest absolute Gasteiger partial charge is 0.227 e. The number of anilines is 1. The lowest BCUT2D eigenvalue weighted by Crippen LogP contribution is -2.15. The summed E-state index contributed by atoms with van der Waals surface area (Å²) in [7, 11) is 0. The first kappa shape index (κ1) is 15.2. The molecule has 0 aromatic carbocycles. The Kier molecular flexibility index (Phi) is 7.25. The van der Waals surface area contributed by atoms with Crippen LogP contribution in [0.3, 0.4) is 0 Å². The third-order valence-corrected chi connectivity index (χ3v) is 2.16. The maximum Gasteiger partial charge on any atom is 0.227 e. The molecule has 1 rings (SSSR count). The van der Waals surface area contributed by atoms with Gasteiger partial charge in [0.1, 0.15) is 12.4 Å². The van der Waals surface area contributed by atoms with Crippen LogP contribution < -0.4 is 5.32 Å². The Hall–Kier alpha value is -1.90. The first-order chi connectivity index (χ1) is 9.26. The number of nitrogens with zero attached hydrogens (tertiary/aromatic N) is 1. The van der Waals surface area contributed by atoms with Gasteiger partial charge in [-0.3, -0.25) is 4.79 Å². The van der Waals surface area contributed by atoms with Crippen molar-refractivity contribution in [2.24, 2.45) is 0 Å². The van der Waals surface area contributed by atoms with Crippen molar-refractivity contribution in [1.82, 2.24) is 4.98 Å². The van der Waals surface area contributed by atoms with Gasteiger partial charge in [0.15, 0.2) is 0 Å². The topological polar surface area (TPSA) is 71.5 Å². The Morgan fingerprint density at radius 1 is 1.53 bits per heavy atom. The number of nitrogens with one attached hydrogen (secondary N) is 1. The monoisotopic (exact) mass is 262 g/mol. The first-order valence-corrected chi connectivity index (χ1v) is 6.19. The fourth-order valence-electron chi connectivity index (χ4n) is 1.33. The van der Waals surface area contributed by atoms with Gasteiger partial charge in [-0.25, -0.2) is 4.98 Å². The zero-order valence-electron chi connectivity index (χ0n) is 11.0. The van der Waals surface area contributed by atoms with Crippen LogP contribution in [0.25, 0.3) is 0 Å². The maximum absolute atomic E-state index is 11.6. The predicted octanol–water partition coefficient (Wildman–Crippen LogP) is 1.18. The molecule has 0 aliphatic heterocycles. The highest BCUT2D eigenvalue weighted by molar-refractivity contribution is 5.89. The Labute approximate surface area is 113 Å². The SMILES string of the molecule is CCCOCCC(=O)Nc1cc(C#CCO)ccn1. The van der Waals surface area contributed by atoms with Gasteiger partial charge in [0.05, 0.1) is 13.0 Å². The summed E-state index contributed by atoms with van der Waals surface area (Å²) < 4.78 is 5.24. The van der Waals surface area contributed by atoms with Gasteiger partial charge < -0.3 is 15.2 Å². The third-order valence-electron chi connectivity index (χ3n) is 2.16. The van der Waals surface area contributed by atoms with Crippen molar-refractivity contribution in [1.29, 1.82) is 0 Å². The van der Waals surface area contributed by atoms with E-state index >= 15 is 0 Å². The van der Waals surface area contributed by atoms with Gasteiger partial charge in [-0.05, 0) is 18.6 Å². The van der Waals surface area contributed by atoms with Gasteiger partial charge in [0.2, 0.25) is 5.91 Å². The highest BCUT2D eigenvalue weighted by Crippen LogP contribution is 2.06. The van der Waals surface area contributed by atoms with Crippen LogP contribution in [0.2, 0.25) is 0 Å². The van der Waals surface area contributed by atoms with Gasteiger partial charge in [0.25, 0.3) is 0 Å². The summed E-state index contributed by atoms with van der Waals surface area (Å²) >= 11 is 0. The predicted molar refractivity (Wildman–Crippen MR) is 72.6 cm³/mol. The van der Waals surface area contributed by atoms with Crippen LogP contribution in [-0.4, -0.2) is 35.8 Å². The van der Waals surface area contributed by atoms with E-state index in [4.69, 9.17) is 9.84 Å². The molecule has 0 bridgehead atoms. The molecule has 1 amide bonds. The average Bonchev–Trinajstić information content (AvgIpc) is 2.42. The minimum absolute atomic E-state index is 0.143. The number of hydrogen-bond donors (Lipinski definition) is 2. The van der Waals surface area contributed by atoms with Crippen molar-refractivity contribution in [3.63, 3.8) is 0 Å². The minimum atomic E-state index is -0.196. The standard InChI is InChI=1S/C14H18N2O3/c1-2-9-19-10-6-14(18)16-13-11-12(4-3-8-17)5-7-15-13/h5,7,11,17H,2,6,8-10H2,1H3,(H,15,16,18). The van der Waals surface area contributed by atoms with E-state index in [0.717, 1.165) is 6.42 Å². The van der Waals surface area contributed by atoms with Gasteiger partial charge in [-0.2, -0.15) is 0 Å². The number of rotatable bonds is 6. The largest absolute Gasteiger partial charge is 0.384 e. The molecular weight excluding hydrogens is 244 g/mol. The molecule has 5 heteroatoms. The van der Waals surface area contributed by atoms with E-state index in [1.54, 1.807) is 18.3 Å². The fourth-order valence-corrected chi connectivity index (χ4v) is 1.33. The average molecular weight is 262 g/mol.